The van der Waals surface area contributed by atoms with E-state index in [0.29, 0.717) is 25.7 Å². The molecule has 3 N–H and O–H groups in total. The van der Waals surface area contributed by atoms with Crippen molar-refractivity contribution in [2.75, 3.05) is 39.6 Å². The maximum atomic E-state index is 13.1. The van der Waals surface area contributed by atoms with Crippen LogP contribution in [0, 0.1) is 17.8 Å². The van der Waals surface area contributed by atoms with E-state index in [1.165, 1.54) is 193 Å². The van der Waals surface area contributed by atoms with Crippen LogP contribution in [-0.2, 0) is 65.4 Å². The highest BCUT2D eigenvalue weighted by Gasteiger charge is 2.30. The molecule has 0 bridgehead atoms. The molecule has 0 radical (unpaired) electrons. The lowest BCUT2D eigenvalue weighted by Gasteiger charge is -2.21. The molecule has 0 aliphatic carbocycles. The molecule has 0 aromatic carbocycles. The van der Waals surface area contributed by atoms with Crippen LogP contribution in [0.4, 0.5) is 0 Å². The SMILES string of the molecule is CCCCCCCCCCCCCCCCCCCC(=O)O[C@H](COC(=O)CCCCCCCCCCCCC(C)CC)COP(=O)(O)OC[C@@H](O)COP(=O)(O)OC[C@@H](COC(=O)CCCCCCCCC(C)CC)OC(=O)CCCCCCCCCCCCC(C)CC. The second kappa shape index (κ2) is 66.6. The maximum Gasteiger partial charge on any atom is 0.472 e. The second-order valence-corrected chi connectivity index (χ2v) is 31.0. The molecule has 0 saturated heterocycles. The molecular formula is C76H148O17P2. The number of phosphoric ester groups is 2. The lowest BCUT2D eigenvalue weighted by molar-refractivity contribution is -0.161. The number of rotatable bonds is 74. The van der Waals surface area contributed by atoms with E-state index in [1.807, 2.05) is 0 Å². The fourth-order valence-electron chi connectivity index (χ4n) is 11.5. The Hall–Kier alpha value is -1.94. The van der Waals surface area contributed by atoms with Crippen molar-refractivity contribution in [3.05, 3.63) is 0 Å². The Balaban J connectivity index is 5.27. The van der Waals surface area contributed by atoms with Crippen molar-refractivity contribution in [1.29, 1.82) is 0 Å². The highest BCUT2D eigenvalue weighted by Crippen LogP contribution is 2.45. The van der Waals surface area contributed by atoms with Gasteiger partial charge in [-0.15, -0.1) is 0 Å². The molecule has 0 aromatic rings. The Labute approximate surface area is 581 Å². The van der Waals surface area contributed by atoms with Crippen LogP contribution in [-0.4, -0.2) is 96.7 Å². The molecule has 5 unspecified atom stereocenters. The normalized spacial score (nSPS) is 14.9. The van der Waals surface area contributed by atoms with E-state index in [0.717, 1.165) is 114 Å². The van der Waals surface area contributed by atoms with Crippen molar-refractivity contribution in [2.24, 2.45) is 17.8 Å². The van der Waals surface area contributed by atoms with Gasteiger partial charge >= 0.3 is 39.5 Å². The van der Waals surface area contributed by atoms with E-state index in [9.17, 15) is 43.2 Å². The van der Waals surface area contributed by atoms with Crippen molar-refractivity contribution in [3.8, 4) is 0 Å². The molecule has 95 heavy (non-hydrogen) atoms. The number of aliphatic hydroxyl groups is 1. The van der Waals surface area contributed by atoms with Crippen molar-refractivity contribution in [2.45, 2.75) is 407 Å². The molecule has 0 aliphatic rings. The average Bonchev–Trinajstić information content (AvgIpc) is 2.25. The zero-order valence-corrected chi connectivity index (χ0v) is 63.9. The number of esters is 4. The fraction of sp³-hybridized carbons (Fsp3) is 0.947. The Morgan fingerprint density at radius 3 is 0.747 bits per heavy atom. The van der Waals surface area contributed by atoms with Crippen LogP contribution < -0.4 is 0 Å². The van der Waals surface area contributed by atoms with E-state index in [-0.39, 0.29) is 25.7 Å². The van der Waals surface area contributed by atoms with Gasteiger partial charge in [0.1, 0.15) is 19.3 Å². The summed E-state index contributed by atoms with van der Waals surface area (Å²) in [6.45, 7) is 11.9. The molecule has 564 valence electrons. The van der Waals surface area contributed by atoms with Crippen molar-refractivity contribution < 1.29 is 80.2 Å². The average molecular weight is 1400 g/mol. The van der Waals surface area contributed by atoms with Crippen LogP contribution in [0.3, 0.4) is 0 Å². The smallest absolute Gasteiger partial charge is 0.462 e. The van der Waals surface area contributed by atoms with Gasteiger partial charge < -0.3 is 33.8 Å². The third-order valence-corrected chi connectivity index (χ3v) is 20.6. The van der Waals surface area contributed by atoms with E-state index in [4.69, 9.17) is 37.0 Å². The Morgan fingerprint density at radius 1 is 0.295 bits per heavy atom. The number of hydrogen-bond acceptors (Lipinski definition) is 15. The summed E-state index contributed by atoms with van der Waals surface area (Å²) in [4.78, 5) is 72.8. The zero-order valence-electron chi connectivity index (χ0n) is 62.1. The molecule has 0 aliphatic heterocycles. The molecule has 0 rings (SSSR count). The molecule has 0 fully saturated rings. The summed E-state index contributed by atoms with van der Waals surface area (Å²) in [6, 6.07) is 0. The highest BCUT2D eigenvalue weighted by molar-refractivity contribution is 7.47. The van der Waals surface area contributed by atoms with Crippen LogP contribution >= 0.6 is 15.6 Å². The van der Waals surface area contributed by atoms with Crippen molar-refractivity contribution in [3.63, 3.8) is 0 Å². The fourth-order valence-corrected chi connectivity index (χ4v) is 13.1. The van der Waals surface area contributed by atoms with Gasteiger partial charge in [0, 0.05) is 25.7 Å². The minimum Gasteiger partial charge on any atom is -0.462 e. The summed E-state index contributed by atoms with van der Waals surface area (Å²) < 4.78 is 68.5. The first-order valence-corrected chi connectivity index (χ1v) is 42.5. The summed E-state index contributed by atoms with van der Waals surface area (Å²) in [7, 11) is -9.91. The van der Waals surface area contributed by atoms with E-state index < -0.39 is 97.5 Å². The molecule has 8 atom stereocenters. The van der Waals surface area contributed by atoms with Gasteiger partial charge in [0.2, 0.25) is 0 Å². The van der Waals surface area contributed by atoms with Gasteiger partial charge in [-0.3, -0.25) is 37.3 Å². The summed E-state index contributed by atoms with van der Waals surface area (Å²) in [5.41, 5.74) is 0. The van der Waals surface area contributed by atoms with Gasteiger partial charge in [-0.25, -0.2) is 9.13 Å². The standard InChI is InChI=1S/C76H148O17P2/c1-8-12-13-14-15-16-17-18-19-20-21-22-23-31-36-45-52-59-75(80)92-71(63-86-73(78)57-50-43-35-30-26-24-28-33-40-47-54-67(5)9-2)65-90-94(82,83)88-61-70(77)62-89-95(84,85)91-66-72(64-87-74(79)58-51-44-39-38-42-49-56-69(7)11-4)93-76(81)60-53-46-37-32-27-25-29-34-41-48-55-68(6)10-3/h67-72,77H,8-66H2,1-7H3,(H,82,83)(H,84,85)/t67?,68?,69?,70-,71-,72-/m1/s1. The molecular weight excluding hydrogens is 1250 g/mol. The minimum atomic E-state index is -4.96. The Morgan fingerprint density at radius 2 is 0.505 bits per heavy atom. The van der Waals surface area contributed by atoms with Crippen LogP contribution in [0.1, 0.15) is 389 Å². The third-order valence-electron chi connectivity index (χ3n) is 18.7. The Kier molecular flexibility index (Phi) is 65.2. The van der Waals surface area contributed by atoms with Gasteiger partial charge in [-0.05, 0) is 43.4 Å². The lowest BCUT2D eigenvalue weighted by Crippen LogP contribution is -2.30. The molecule has 0 amide bonds. The monoisotopic (exact) mass is 1400 g/mol. The largest absolute Gasteiger partial charge is 0.472 e. The van der Waals surface area contributed by atoms with Gasteiger partial charge in [0.15, 0.2) is 12.2 Å². The van der Waals surface area contributed by atoms with Crippen molar-refractivity contribution >= 4 is 39.5 Å². The molecule has 17 nitrogen and oxygen atoms in total. The third kappa shape index (κ3) is 66.4. The molecule has 0 heterocycles. The predicted molar refractivity (Wildman–Crippen MR) is 386 cm³/mol. The van der Waals surface area contributed by atoms with Crippen molar-refractivity contribution in [1.82, 2.24) is 0 Å². The van der Waals surface area contributed by atoms with E-state index >= 15 is 0 Å². The zero-order chi connectivity index (χ0) is 70.1. The summed E-state index contributed by atoms with van der Waals surface area (Å²) in [5, 5.41) is 10.6. The first-order chi connectivity index (χ1) is 45.8. The molecule has 19 heteroatoms. The number of carbonyl (C=O) groups excluding carboxylic acids is 4. The number of ether oxygens (including phenoxy) is 4. The number of aliphatic hydroxyl groups excluding tert-OH is 1. The first-order valence-electron chi connectivity index (χ1n) is 39.5. The van der Waals surface area contributed by atoms with E-state index in [1.54, 1.807) is 0 Å². The van der Waals surface area contributed by atoms with Crippen LogP contribution in [0.15, 0.2) is 0 Å². The maximum absolute atomic E-state index is 13.1. The van der Waals surface area contributed by atoms with Gasteiger partial charge in [-0.2, -0.15) is 0 Å². The first kappa shape index (κ1) is 93.1. The van der Waals surface area contributed by atoms with Gasteiger partial charge in [-0.1, -0.05) is 337 Å². The Bertz CT molecular complexity index is 1860. The summed E-state index contributed by atoms with van der Waals surface area (Å²) in [5.74, 6) is 0.225. The lowest BCUT2D eigenvalue weighted by atomic mass is 9.99. The number of carbonyl (C=O) groups is 4. The van der Waals surface area contributed by atoms with Crippen LogP contribution in [0.5, 0.6) is 0 Å². The number of hydrogen-bond donors (Lipinski definition) is 3. The van der Waals surface area contributed by atoms with Crippen LogP contribution in [0.25, 0.3) is 0 Å². The van der Waals surface area contributed by atoms with Gasteiger partial charge in [0.05, 0.1) is 26.4 Å². The highest BCUT2D eigenvalue weighted by atomic mass is 31.2. The predicted octanol–water partition coefficient (Wildman–Crippen LogP) is 22.2. The molecule has 0 aromatic heterocycles. The summed E-state index contributed by atoms with van der Waals surface area (Å²) in [6.07, 6.45) is 52.5. The molecule has 0 saturated carbocycles. The minimum absolute atomic E-state index is 0.105. The van der Waals surface area contributed by atoms with Crippen LogP contribution in [0.2, 0.25) is 0 Å². The topological polar surface area (TPSA) is 237 Å². The summed E-state index contributed by atoms with van der Waals surface area (Å²) >= 11 is 0. The number of phosphoric acid groups is 2. The van der Waals surface area contributed by atoms with E-state index in [2.05, 4.69) is 48.5 Å². The number of unbranched alkanes of at least 4 members (excludes halogenated alkanes) is 39. The quantitative estimate of drug-likeness (QED) is 0.0222. The van der Waals surface area contributed by atoms with Gasteiger partial charge in [0.25, 0.3) is 0 Å². The molecule has 0 spiro atoms. The second-order valence-electron chi connectivity index (χ2n) is 28.1.